The summed E-state index contributed by atoms with van der Waals surface area (Å²) < 4.78 is 0. The van der Waals surface area contributed by atoms with Crippen molar-refractivity contribution in [3.8, 4) is 0 Å². The van der Waals surface area contributed by atoms with Crippen molar-refractivity contribution < 1.29 is 5.48 Å². The van der Waals surface area contributed by atoms with Gasteiger partial charge in [-0.25, -0.2) is 0 Å². The van der Waals surface area contributed by atoms with Crippen LogP contribution in [0.5, 0.6) is 0 Å². The van der Waals surface area contributed by atoms with E-state index < -0.39 is 0 Å². The molecular formula is C4H22N4O. The van der Waals surface area contributed by atoms with E-state index in [2.05, 4.69) is 22.9 Å². The summed E-state index contributed by atoms with van der Waals surface area (Å²) in [4.78, 5) is 0. The van der Waals surface area contributed by atoms with Gasteiger partial charge in [0.1, 0.15) is 0 Å². The normalized spacial score (nSPS) is 2.67. The van der Waals surface area contributed by atoms with Gasteiger partial charge in [-0.3, -0.25) is 0 Å². The number of hydrogen-bond acceptors (Lipinski definition) is 4. The van der Waals surface area contributed by atoms with E-state index in [0.29, 0.717) is 0 Å². The second kappa shape index (κ2) is 9020. The van der Waals surface area contributed by atoms with Crippen LogP contribution in [-0.4, -0.2) is 33.7 Å². The highest BCUT2D eigenvalue weighted by Gasteiger charge is 0.842. The third-order valence-corrected chi connectivity index (χ3v) is 0. The van der Waals surface area contributed by atoms with Gasteiger partial charge in [-0.05, 0) is 28.2 Å². The molecule has 5 nitrogen and oxygen atoms in total. The summed E-state index contributed by atoms with van der Waals surface area (Å²) in [5.41, 5.74) is 18.0. The molecule has 0 aromatic rings. The van der Waals surface area contributed by atoms with Crippen molar-refractivity contribution in [3.63, 3.8) is 0 Å². The van der Waals surface area contributed by atoms with E-state index in [9.17, 15) is 0 Å². The zero-order valence-electron chi connectivity index (χ0n) is 6.81. The summed E-state index contributed by atoms with van der Waals surface area (Å²) in [5.74, 6) is 0. The largest absolute Gasteiger partial charge is 0.412 e. The molecule has 9 heavy (non-hydrogen) atoms. The van der Waals surface area contributed by atoms with Crippen LogP contribution in [0.15, 0.2) is 0 Å². The van der Waals surface area contributed by atoms with E-state index in [4.69, 9.17) is 0 Å². The van der Waals surface area contributed by atoms with E-state index in [1.54, 1.807) is 0 Å². The quantitative estimate of drug-likeness (QED) is 0.296. The van der Waals surface area contributed by atoms with Gasteiger partial charge in [0.05, 0.1) is 0 Å². The van der Waals surface area contributed by atoms with Crippen LogP contribution in [0.1, 0.15) is 0 Å². The molecule has 0 saturated carbocycles. The van der Waals surface area contributed by atoms with Gasteiger partial charge < -0.3 is 28.4 Å². The summed E-state index contributed by atoms with van der Waals surface area (Å²) in [6.45, 7) is 0. The van der Waals surface area contributed by atoms with Gasteiger partial charge in [-0.1, -0.05) is 0 Å². The van der Waals surface area contributed by atoms with E-state index in [1.165, 1.54) is 28.2 Å². The van der Waals surface area contributed by atoms with Crippen molar-refractivity contribution in [2.24, 2.45) is 22.9 Å². The Labute approximate surface area is 57.7 Å². The van der Waals surface area contributed by atoms with Gasteiger partial charge in [0.25, 0.3) is 0 Å². The van der Waals surface area contributed by atoms with Crippen LogP contribution in [0.2, 0.25) is 0 Å². The van der Waals surface area contributed by atoms with Crippen LogP contribution >= 0.6 is 0 Å². The van der Waals surface area contributed by atoms with E-state index in [0.717, 1.165) is 0 Å². The SMILES string of the molecule is CN.CN.CN.CN.O. The highest BCUT2D eigenvalue weighted by Crippen LogP contribution is 0.474. The zero-order chi connectivity index (χ0) is 8.00. The molecule has 0 aliphatic rings. The molecule has 0 bridgehead atoms. The molecule has 0 aliphatic heterocycles. The zero-order valence-corrected chi connectivity index (χ0v) is 6.81. The molecule has 0 heterocycles. The fourth-order valence-electron chi connectivity index (χ4n) is 0. The minimum absolute atomic E-state index is 0. The predicted molar refractivity (Wildman–Crippen MR) is 44.1 cm³/mol. The third-order valence-electron chi connectivity index (χ3n) is 0. The molecule has 0 unspecified atom stereocenters. The Morgan fingerprint density at radius 2 is 0.444 bits per heavy atom. The minimum atomic E-state index is 0. The average Bonchev–Trinajstić information content (AvgIpc) is 2.03. The average molecular weight is 142 g/mol. The lowest BCUT2D eigenvalue weighted by Crippen LogP contribution is -1.69. The molecule has 10 N–H and O–H groups in total. The van der Waals surface area contributed by atoms with Crippen molar-refractivity contribution in [2.75, 3.05) is 28.2 Å². The Morgan fingerprint density at radius 3 is 0.444 bits per heavy atom. The molecule has 0 fully saturated rings. The first-order valence-corrected chi connectivity index (χ1v) is 2.31. The maximum atomic E-state index is 4.50. The van der Waals surface area contributed by atoms with Gasteiger partial charge in [0.15, 0.2) is 0 Å². The van der Waals surface area contributed by atoms with Gasteiger partial charge in [0, 0.05) is 0 Å². The second-order valence-corrected chi connectivity index (χ2v) is 0. The fraction of sp³-hybridized carbons (Fsp3) is 1.00. The summed E-state index contributed by atoms with van der Waals surface area (Å²) in [7, 11) is 6.00. The molecule has 0 aliphatic carbocycles. The molecule has 64 valence electrons. The Kier molecular flexibility index (Phi) is 37100. The molecule has 0 aromatic carbocycles. The number of rotatable bonds is 0. The number of hydrogen-bond donors (Lipinski definition) is 4. The first kappa shape index (κ1) is 37.1. The van der Waals surface area contributed by atoms with Crippen molar-refractivity contribution in [2.45, 2.75) is 0 Å². The first-order valence-electron chi connectivity index (χ1n) is 2.31. The molecule has 0 saturated heterocycles. The molecule has 0 atom stereocenters. The van der Waals surface area contributed by atoms with Crippen LogP contribution in [0, 0.1) is 0 Å². The topological polar surface area (TPSA) is 136 Å². The molecule has 0 amide bonds. The van der Waals surface area contributed by atoms with Crippen LogP contribution in [-0.2, 0) is 0 Å². The lowest BCUT2D eigenvalue weighted by Gasteiger charge is -1.19. The monoisotopic (exact) mass is 142 g/mol. The summed E-state index contributed by atoms with van der Waals surface area (Å²) in [6, 6.07) is 0. The lowest BCUT2D eigenvalue weighted by molar-refractivity contribution is 0.824. The molecule has 0 radical (unpaired) electrons. The fourth-order valence-corrected chi connectivity index (χ4v) is 0. The molecule has 0 spiro atoms. The highest BCUT2D eigenvalue weighted by atomic mass is 16.0. The summed E-state index contributed by atoms with van der Waals surface area (Å²) in [5, 5.41) is 0. The third kappa shape index (κ3) is 6560. The van der Waals surface area contributed by atoms with Crippen molar-refractivity contribution in [1.29, 1.82) is 0 Å². The summed E-state index contributed by atoms with van der Waals surface area (Å²) in [6.07, 6.45) is 0. The molecule has 0 rings (SSSR count). The predicted octanol–water partition coefficient (Wildman–Crippen LogP) is -2.53. The Bertz CT molecular complexity index is 12.5. The Morgan fingerprint density at radius 1 is 0.444 bits per heavy atom. The lowest BCUT2D eigenvalue weighted by atomic mass is 11.6. The summed E-state index contributed by atoms with van der Waals surface area (Å²) >= 11 is 0. The van der Waals surface area contributed by atoms with Gasteiger partial charge >= 0.3 is 0 Å². The standard InChI is InChI=1S/4CH5N.H2O/c4*1-2;/h4*2H2,1H3;1H2. The first-order chi connectivity index (χ1) is 4.00. The van der Waals surface area contributed by atoms with E-state index in [1.807, 2.05) is 0 Å². The second-order valence-electron chi connectivity index (χ2n) is 0. The maximum absolute atomic E-state index is 4.50. The van der Waals surface area contributed by atoms with Gasteiger partial charge in [0.2, 0.25) is 0 Å². The van der Waals surface area contributed by atoms with Crippen LogP contribution < -0.4 is 22.9 Å². The van der Waals surface area contributed by atoms with Crippen molar-refractivity contribution in [3.05, 3.63) is 0 Å². The maximum Gasteiger partial charge on any atom is -0.0195 e. The molecule has 5 heteroatoms. The van der Waals surface area contributed by atoms with Crippen LogP contribution in [0.4, 0.5) is 0 Å². The Hall–Kier alpha value is -0.200. The van der Waals surface area contributed by atoms with Crippen LogP contribution in [0.3, 0.4) is 0 Å². The molecule has 0 aromatic heterocycles. The number of nitrogens with two attached hydrogens (primary N) is 4. The highest BCUT2D eigenvalue weighted by molar-refractivity contribution is 3.54. The van der Waals surface area contributed by atoms with Crippen LogP contribution in [0.25, 0.3) is 0 Å². The van der Waals surface area contributed by atoms with Crippen molar-refractivity contribution in [1.82, 2.24) is 0 Å². The Balaban J connectivity index is -0.00000000762. The minimum Gasteiger partial charge on any atom is -0.412 e. The smallest absolute Gasteiger partial charge is 0.0195 e. The van der Waals surface area contributed by atoms with Gasteiger partial charge in [-0.15, -0.1) is 0 Å². The molecular weight excluding hydrogens is 120 g/mol. The van der Waals surface area contributed by atoms with E-state index in [-0.39, 0.29) is 5.48 Å². The van der Waals surface area contributed by atoms with Crippen molar-refractivity contribution >= 4 is 0 Å². The van der Waals surface area contributed by atoms with E-state index >= 15 is 0 Å². The van der Waals surface area contributed by atoms with Gasteiger partial charge in [-0.2, -0.15) is 0 Å².